The van der Waals surface area contributed by atoms with Crippen molar-refractivity contribution in [3.63, 3.8) is 0 Å². The largest absolute Gasteiger partial charge is 0.391 e. The highest BCUT2D eigenvalue weighted by Gasteiger charge is 2.20. The van der Waals surface area contributed by atoms with Crippen LogP contribution in [0.5, 0.6) is 0 Å². The number of aromatic nitrogens is 1. The van der Waals surface area contributed by atoms with E-state index in [4.69, 9.17) is 16.1 Å². The Balaban J connectivity index is 2.15. The van der Waals surface area contributed by atoms with Crippen LogP contribution in [-0.2, 0) is 6.61 Å². The van der Waals surface area contributed by atoms with Gasteiger partial charge < -0.3 is 9.63 Å². The third-order valence-corrected chi connectivity index (χ3v) is 4.59. The fourth-order valence-electron chi connectivity index (χ4n) is 2.17. The van der Waals surface area contributed by atoms with Gasteiger partial charge in [0.25, 0.3) is 0 Å². The molecule has 0 amide bonds. The molecular weight excluding hydrogens is 433 g/mol. The fraction of sp³-hybridized carbons (Fsp3) is 0.0625. The molecule has 0 aliphatic rings. The molecule has 22 heavy (non-hydrogen) atoms. The minimum absolute atomic E-state index is 0.187. The number of hydrogen-bond donors (Lipinski definition) is 1. The highest BCUT2D eigenvalue weighted by molar-refractivity contribution is 9.10. The normalized spacial score (nSPS) is 10.9. The minimum Gasteiger partial charge on any atom is -0.391 e. The van der Waals surface area contributed by atoms with Crippen molar-refractivity contribution in [2.45, 2.75) is 6.61 Å². The van der Waals surface area contributed by atoms with Gasteiger partial charge in [0, 0.05) is 20.1 Å². The van der Waals surface area contributed by atoms with Gasteiger partial charge in [0.05, 0.1) is 17.2 Å². The summed E-state index contributed by atoms with van der Waals surface area (Å²) in [5.41, 5.74) is 2.78. The van der Waals surface area contributed by atoms with E-state index < -0.39 is 0 Å². The Morgan fingerprint density at radius 2 is 1.73 bits per heavy atom. The molecule has 0 saturated carbocycles. The van der Waals surface area contributed by atoms with Crippen molar-refractivity contribution in [1.29, 1.82) is 0 Å². The van der Waals surface area contributed by atoms with Gasteiger partial charge in [-0.3, -0.25) is 0 Å². The lowest BCUT2D eigenvalue weighted by Crippen LogP contribution is -1.89. The van der Waals surface area contributed by atoms with Crippen molar-refractivity contribution in [2.75, 3.05) is 0 Å². The lowest BCUT2D eigenvalue weighted by atomic mass is 10.0. The smallest absolute Gasteiger partial charge is 0.174 e. The monoisotopic (exact) mass is 441 g/mol. The molecule has 3 nitrogen and oxygen atoms in total. The fourth-order valence-corrected chi connectivity index (χ4v) is 3.00. The first-order valence-electron chi connectivity index (χ1n) is 6.41. The summed E-state index contributed by atoms with van der Waals surface area (Å²) in [6, 6.07) is 13.1. The van der Waals surface area contributed by atoms with Crippen LogP contribution < -0.4 is 0 Å². The Morgan fingerprint density at radius 1 is 1.05 bits per heavy atom. The summed E-state index contributed by atoms with van der Waals surface area (Å²) >= 11 is 13.0. The van der Waals surface area contributed by atoms with Crippen LogP contribution >= 0.6 is 43.5 Å². The zero-order valence-electron chi connectivity index (χ0n) is 11.2. The number of aliphatic hydroxyl groups excluding tert-OH is 1. The van der Waals surface area contributed by atoms with Gasteiger partial charge in [-0.25, -0.2) is 0 Å². The highest BCUT2D eigenvalue weighted by Crippen LogP contribution is 2.37. The molecule has 0 radical (unpaired) electrons. The summed E-state index contributed by atoms with van der Waals surface area (Å²) in [6.07, 6.45) is 0. The SMILES string of the molecule is OCc1c(-c2ccc(Br)cc2)noc1-c1cc(Br)ccc1Cl. The van der Waals surface area contributed by atoms with Crippen LogP contribution in [-0.4, -0.2) is 10.3 Å². The molecule has 0 spiro atoms. The summed E-state index contributed by atoms with van der Waals surface area (Å²) < 4.78 is 7.31. The summed E-state index contributed by atoms with van der Waals surface area (Å²) in [4.78, 5) is 0. The lowest BCUT2D eigenvalue weighted by molar-refractivity contribution is 0.281. The van der Waals surface area contributed by atoms with E-state index in [1.54, 1.807) is 6.07 Å². The Bertz CT molecular complexity index is 816. The van der Waals surface area contributed by atoms with E-state index in [0.717, 1.165) is 14.5 Å². The minimum atomic E-state index is -0.187. The molecule has 6 heteroatoms. The first kappa shape index (κ1) is 15.7. The van der Waals surface area contributed by atoms with E-state index in [1.807, 2.05) is 36.4 Å². The first-order chi connectivity index (χ1) is 10.6. The van der Waals surface area contributed by atoms with Crippen LogP contribution in [0, 0.1) is 0 Å². The summed E-state index contributed by atoms with van der Waals surface area (Å²) in [5, 5.41) is 14.4. The third-order valence-electron chi connectivity index (χ3n) is 3.24. The zero-order valence-corrected chi connectivity index (χ0v) is 15.1. The van der Waals surface area contributed by atoms with E-state index in [1.165, 1.54) is 0 Å². The standard InChI is InChI=1S/C16H10Br2ClNO2/c17-10-3-1-9(2-4-10)15-13(8-21)16(22-20-15)12-7-11(18)5-6-14(12)19/h1-7,21H,8H2. The molecule has 0 aliphatic carbocycles. The van der Waals surface area contributed by atoms with Crippen LogP contribution in [0.1, 0.15) is 5.56 Å². The number of benzene rings is 2. The maximum absolute atomic E-state index is 9.76. The topological polar surface area (TPSA) is 46.3 Å². The number of halogens is 3. The van der Waals surface area contributed by atoms with Gasteiger partial charge >= 0.3 is 0 Å². The number of aliphatic hydroxyl groups is 1. The lowest BCUT2D eigenvalue weighted by Gasteiger charge is -2.04. The van der Waals surface area contributed by atoms with E-state index in [9.17, 15) is 5.11 Å². The Kier molecular flexibility index (Phi) is 4.68. The number of hydrogen-bond acceptors (Lipinski definition) is 3. The van der Waals surface area contributed by atoms with Crippen LogP contribution in [0.25, 0.3) is 22.6 Å². The van der Waals surface area contributed by atoms with Crippen LogP contribution in [0.4, 0.5) is 0 Å². The van der Waals surface area contributed by atoms with E-state index >= 15 is 0 Å². The van der Waals surface area contributed by atoms with Gasteiger partial charge in [-0.05, 0) is 30.3 Å². The first-order valence-corrected chi connectivity index (χ1v) is 8.37. The molecule has 3 rings (SSSR count). The van der Waals surface area contributed by atoms with Crippen LogP contribution in [0.15, 0.2) is 55.9 Å². The van der Waals surface area contributed by atoms with E-state index in [-0.39, 0.29) is 6.61 Å². The Hall–Kier alpha value is -1.14. The average Bonchev–Trinajstić information content (AvgIpc) is 2.94. The Morgan fingerprint density at radius 3 is 2.41 bits per heavy atom. The van der Waals surface area contributed by atoms with Crippen LogP contribution in [0.2, 0.25) is 5.02 Å². The second-order valence-electron chi connectivity index (χ2n) is 4.63. The second-order valence-corrected chi connectivity index (χ2v) is 6.87. The van der Waals surface area contributed by atoms with E-state index in [2.05, 4.69) is 37.0 Å². The molecule has 0 bridgehead atoms. The van der Waals surface area contributed by atoms with Crippen molar-refractivity contribution < 1.29 is 9.63 Å². The van der Waals surface area contributed by atoms with Gasteiger partial charge in [0.15, 0.2) is 5.76 Å². The van der Waals surface area contributed by atoms with Gasteiger partial charge in [-0.15, -0.1) is 0 Å². The van der Waals surface area contributed by atoms with Crippen molar-refractivity contribution in [1.82, 2.24) is 5.16 Å². The second kappa shape index (κ2) is 6.54. The molecule has 1 heterocycles. The molecule has 1 N–H and O–H groups in total. The van der Waals surface area contributed by atoms with Crippen molar-refractivity contribution in [3.05, 3.63) is 62.0 Å². The molecular formula is C16H10Br2ClNO2. The van der Waals surface area contributed by atoms with E-state index in [0.29, 0.717) is 27.6 Å². The van der Waals surface area contributed by atoms with Crippen molar-refractivity contribution >= 4 is 43.5 Å². The maximum atomic E-state index is 9.76. The van der Waals surface area contributed by atoms with Gasteiger partial charge in [-0.1, -0.05) is 60.8 Å². The predicted molar refractivity (Wildman–Crippen MR) is 93.7 cm³/mol. The van der Waals surface area contributed by atoms with Crippen molar-refractivity contribution in [3.8, 4) is 22.6 Å². The summed E-state index contributed by atoms with van der Waals surface area (Å²) in [6.45, 7) is -0.187. The molecule has 0 atom stereocenters. The maximum Gasteiger partial charge on any atom is 0.174 e. The number of nitrogens with zero attached hydrogens (tertiary/aromatic N) is 1. The molecule has 0 fully saturated rings. The average molecular weight is 444 g/mol. The van der Waals surface area contributed by atoms with Gasteiger partial charge in [-0.2, -0.15) is 0 Å². The summed E-state index contributed by atoms with van der Waals surface area (Å²) in [7, 11) is 0. The highest BCUT2D eigenvalue weighted by atomic mass is 79.9. The molecule has 112 valence electrons. The van der Waals surface area contributed by atoms with Gasteiger partial charge in [0.1, 0.15) is 5.69 Å². The molecule has 0 aliphatic heterocycles. The molecule has 1 aromatic heterocycles. The zero-order chi connectivity index (χ0) is 15.7. The molecule has 3 aromatic rings. The van der Waals surface area contributed by atoms with Gasteiger partial charge in [0.2, 0.25) is 0 Å². The number of rotatable bonds is 3. The molecule has 2 aromatic carbocycles. The van der Waals surface area contributed by atoms with Crippen LogP contribution in [0.3, 0.4) is 0 Å². The molecule has 0 saturated heterocycles. The Labute approximate surface area is 149 Å². The third kappa shape index (κ3) is 2.99. The molecule has 0 unspecified atom stereocenters. The predicted octanol–water partition coefficient (Wildman–Crippen LogP) is 5.68. The summed E-state index contributed by atoms with van der Waals surface area (Å²) in [5.74, 6) is 0.478. The van der Waals surface area contributed by atoms with Crippen molar-refractivity contribution in [2.24, 2.45) is 0 Å². The quantitative estimate of drug-likeness (QED) is 0.567.